The number of thiophene rings is 1. The van der Waals surface area contributed by atoms with Crippen molar-refractivity contribution < 1.29 is 5.11 Å². The summed E-state index contributed by atoms with van der Waals surface area (Å²) in [4.78, 5) is 2.36. The fourth-order valence-corrected chi connectivity index (χ4v) is 2.59. The molecule has 1 aliphatic rings. The SMILES string of the molecule is Cc1ccc(C(C)(O)C2CNC2)s1. The van der Waals surface area contributed by atoms with Gasteiger partial charge in [0, 0.05) is 28.8 Å². The Bertz CT molecular complexity index is 302. The summed E-state index contributed by atoms with van der Waals surface area (Å²) >= 11 is 1.69. The minimum absolute atomic E-state index is 0.380. The molecule has 2 rings (SSSR count). The summed E-state index contributed by atoms with van der Waals surface area (Å²) in [5.41, 5.74) is -0.635. The first-order valence-electron chi connectivity index (χ1n) is 4.60. The van der Waals surface area contributed by atoms with Crippen molar-refractivity contribution in [1.29, 1.82) is 0 Å². The first kappa shape index (κ1) is 9.19. The molecule has 1 aromatic heterocycles. The molecule has 0 spiro atoms. The summed E-state index contributed by atoms with van der Waals surface area (Å²) in [7, 11) is 0. The molecule has 0 saturated carbocycles. The van der Waals surface area contributed by atoms with E-state index >= 15 is 0 Å². The van der Waals surface area contributed by atoms with Crippen molar-refractivity contribution in [2.45, 2.75) is 19.4 Å². The van der Waals surface area contributed by atoms with E-state index in [4.69, 9.17) is 0 Å². The first-order valence-corrected chi connectivity index (χ1v) is 5.42. The fraction of sp³-hybridized carbons (Fsp3) is 0.600. The average Bonchev–Trinajstić information content (AvgIpc) is 2.30. The average molecular weight is 197 g/mol. The van der Waals surface area contributed by atoms with Crippen LogP contribution in [-0.4, -0.2) is 18.2 Å². The Labute approximate surface area is 82.6 Å². The number of nitrogens with one attached hydrogen (secondary N) is 1. The maximum absolute atomic E-state index is 10.3. The monoisotopic (exact) mass is 197 g/mol. The zero-order valence-electron chi connectivity index (χ0n) is 8.00. The van der Waals surface area contributed by atoms with Gasteiger partial charge in [-0.05, 0) is 26.0 Å². The van der Waals surface area contributed by atoms with Crippen LogP contribution in [0.4, 0.5) is 0 Å². The zero-order chi connectivity index (χ0) is 9.47. The van der Waals surface area contributed by atoms with Crippen LogP contribution in [0.5, 0.6) is 0 Å². The number of hydrogen-bond acceptors (Lipinski definition) is 3. The molecule has 1 aromatic rings. The molecule has 72 valence electrons. The number of aliphatic hydroxyl groups is 1. The Morgan fingerprint density at radius 3 is 2.62 bits per heavy atom. The van der Waals surface area contributed by atoms with Gasteiger partial charge < -0.3 is 10.4 Å². The highest BCUT2D eigenvalue weighted by molar-refractivity contribution is 7.12. The van der Waals surface area contributed by atoms with E-state index in [0.29, 0.717) is 5.92 Å². The Balaban J connectivity index is 2.22. The lowest BCUT2D eigenvalue weighted by Crippen LogP contribution is -2.52. The van der Waals surface area contributed by atoms with Crippen molar-refractivity contribution in [2.24, 2.45) is 5.92 Å². The van der Waals surface area contributed by atoms with Crippen LogP contribution in [0.2, 0.25) is 0 Å². The van der Waals surface area contributed by atoms with Crippen molar-refractivity contribution in [2.75, 3.05) is 13.1 Å². The van der Waals surface area contributed by atoms with Crippen LogP contribution >= 0.6 is 11.3 Å². The third-order valence-electron chi connectivity index (χ3n) is 2.82. The highest BCUT2D eigenvalue weighted by atomic mass is 32.1. The van der Waals surface area contributed by atoms with Crippen LogP contribution in [-0.2, 0) is 5.60 Å². The Hall–Kier alpha value is -0.380. The summed E-state index contributed by atoms with van der Waals surface area (Å²) < 4.78 is 0. The van der Waals surface area contributed by atoms with Crippen LogP contribution in [0.1, 0.15) is 16.7 Å². The number of aryl methyl sites for hydroxylation is 1. The lowest BCUT2D eigenvalue weighted by Gasteiger charge is -2.39. The molecule has 0 bridgehead atoms. The molecule has 0 radical (unpaired) electrons. The highest BCUT2D eigenvalue weighted by Gasteiger charge is 2.38. The van der Waals surface area contributed by atoms with Crippen LogP contribution in [0.15, 0.2) is 12.1 Å². The van der Waals surface area contributed by atoms with Gasteiger partial charge >= 0.3 is 0 Å². The van der Waals surface area contributed by atoms with Crippen LogP contribution < -0.4 is 5.32 Å². The largest absolute Gasteiger partial charge is 0.384 e. The van der Waals surface area contributed by atoms with Gasteiger partial charge in [0.1, 0.15) is 5.60 Å². The summed E-state index contributed by atoms with van der Waals surface area (Å²) in [6.07, 6.45) is 0. The third-order valence-corrected chi connectivity index (χ3v) is 4.04. The van der Waals surface area contributed by atoms with E-state index in [1.54, 1.807) is 11.3 Å². The van der Waals surface area contributed by atoms with E-state index in [1.807, 2.05) is 13.0 Å². The van der Waals surface area contributed by atoms with Gasteiger partial charge in [0.05, 0.1) is 0 Å². The quantitative estimate of drug-likeness (QED) is 0.752. The standard InChI is InChI=1S/C10H15NOS/c1-7-3-4-9(13-7)10(2,12)8-5-11-6-8/h3-4,8,11-12H,5-6H2,1-2H3. The third kappa shape index (κ3) is 1.52. The van der Waals surface area contributed by atoms with E-state index in [9.17, 15) is 5.11 Å². The lowest BCUT2D eigenvalue weighted by atomic mass is 9.83. The molecule has 1 fully saturated rings. The second kappa shape index (κ2) is 3.08. The van der Waals surface area contributed by atoms with Gasteiger partial charge in [-0.3, -0.25) is 0 Å². The van der Waals surface area contributed by atoms with Gasteiger partial charge in [0.15, 0.2) is 0 Å². The van der Waals surface area contributed by atoms with Crippen molar-refractivity contribution in [3.63, 3.8) is 0 Å². The van der Waals surface area contributed by atoms with Gasteiger partial charge in [-0.1, -0.05) is 0 Å². The van der Waals surface area contributed by atoms with Gasteiger partial charge in [-0.15, -0.1) is 11.3 Å². The maximum atomic E-state index is 10.3. The predicted molar refractivity (Wildman–Crippen MR) is 55.0 cm³/mol. The maximum Gasteiger partial charge on any atom is 0.101 e. The summed E-state index contributed by atoms with van der Waals surface area (Å²) in [6, 6.07) is 4.11. The van der Waals surface area contributed by atoms with E-state index in [0.717, 1.165) is 18.0 Å². The molecule has 1 unspecified atom stereocenters. The van der Waals surface area contributed by atoms with Crippen LogP contribution in [0.3, 0.4) is 0 Å². The van der Waals surface area contributed by atoms with Crippen molar-refractivity contribution in [3.8, 4) is 0 Å². The van der Waals surface area contributed by atoms with Crippen LogP contribution in [0, 0.1) is 12.8 Å². The topological polar surface area (TPSA) is 32.3 Å². The normalized spacial score (nSPS) is 22.4. The van der Waals surface area contributed by atoms with E-state index in [1.165, 1.54) is 4.88 Å². The van der Waals surface area contributed by atoms with E-state index < -0.39 is 5.60 Å². The summed E-state index contributed by atoms with van der Waals surface area (Å²) in [5.74, 6) is 0.380. The van der Waals surface area contributed by atoms with Crippen molar-refractivity contribution in [1.82, 2.24) is 5.32 Å². The molecule has 0 aliphatic carbocycles. The zero-order valence-corrected chi connectivity index (χ0v) is 8.82. The lowest BCUT2D eigenvalue weighted by molar-refractivity contribution is -0.0248. The molecule has 1 saturated heterocycles. The van der Waals surface area contributed by atoms with Crippen molar-refractivity contribution >= 4 is 11.3 Å². The minimum Gasteiger partial charge on any atom is -0.384 e. The van der Waals surface area contributed by atoms with Crippen LogP contribution in [0.25, 0.3) is 0 Å². The van der Waals surface area contributed by atoms with Crippen molar-refractivity contribution in [3.05, 3.63) is 21.9 Å². The minimum atomic E-state index is -0.635. The predicted octanol–water partition coefficient (Wildman–Crippen LogP) is 1.48. The molecule has 0 aromatic carbocycles. The Morgan fingerprint density at radius 1 is 1.54 bits per heavy atom. The smallest absolute Gasteiger partial charge is 0.101 e. The molecular formula is C10H15NOS. The number of hydrogen-bond donors (Lipinski definition) is 2. The summed E-state index contributed by atoms with van der Waals surface area (Å²) in [5, 5.41) is 13.5. The second-order valence-corrected chi connectivity index (χ2v) is 5.20. The van der Waals surface area contributed by atoms with E-state index in [-0.39, 0.29) is 0 Å². The second-order valence-electron chi connectivity index (χ2n) is 3.91. The molecule has 2 N–H and O–H groups in total. The molecule has 0 amide bonds. The first-order chi connectivity index (χ1) is 6.10. The Kier molecular flexibility index (Phi) is 2.18. The van der Waals surface area contributed by atoms with E-state index in [2.05, 4.69) is 18.3 Å². The van der Waals surface area contributed by atoms with Gasteiger partial charge in [-0.25, -0.2) is 0 Å². The molecule has 2 nitrogen and oxygen atoms in total. The summed E-state index contributed by atoms with van der Waals surface area (Å²) in [6.45, 7) is 5.86. The number of rotatable bonds is 2. The molecule has 2 heterocycles. The highest BCUT2D eigenvalue weighted by Crippen LogP contribution is 2.35. The van der Waals surface area contributed by atoms with Gasteiger partial charge in [0.25, 0.3) is 0 Å². The molecule has 1 atom stereocenters. The Morgan fingerprint density at radius 2 is 2.23 bits per heavy atom. The van der Waals surface area contributed by atoms with Gasteiger partial charge in [-0.2, -0.15) is 0 Å². The fourth-order valence-electron chi connectivity index (χ4n) is 1.59. The molecular weight excluding hydrogens is 182 g/mol. The molecule has 1 aliphatic heterocycles. The molecule has 3 heteroatoms. The molecule has 13 heavy (non-hydrogen) atoms. The van der Waals surface area contributed by atoms with Gasteiger partial charge in [0.2, 0.25) is 0 Å².